The molecule has 0 spiro atoms. The normalized spacial score (nSPS) is 16.2. The Bertz CT molecular complexity index is 274. The number of aromatic nitrogens is 1. The van der Waals surface area contributed by atoms with E-state index in [-0.39, 0.29) is 5.76 Å². The molecule has 1 aromatic heterocycles. The summed E-state index contributed by atoms with van der Waals surface area (Å²) < 4.78 is 40.6. The molecule has 0 bridgehead atoms. The van der Waals surface area contributed by atoms with Crippen LogP contribution >= 0.6 is 0 Å². The largest absolute Gasteiger partial charge is 0.385 e. The van der Waals surface area contributed by atoms with E-state index >= 15 is 0 Å². The Morgan fingerprint density at radius 1 is 1.46 bits per heavy atom. The van der Waals surface area contributed by atoms with Gasteiger partial charge in [-0.2, -0.15) is 0 Å². The fourth-order valence-corrected chi connectivity index (χ4v) is 0.760. The SMILES string of the molecule is CC(O)c1cc(C(F)C(F)F)no1. The van der Waals surface area contributed by atoms with E-state index in [2.05, 4.69) is 9.68 Å². The molecule has 3 nitrogen and oxygen atoms in total. The van der Waals surface area contributed by atoms with Crippen molar-refractivity contribution in [3.63, 3.8) is 0 Å². The lowest BCUT2D eigenvalue weighted by Crippen LogP contribution is -2.02. The van der Waals surface area contributed by atoms with Gasteiger partial charge in [0.25, 0.3) is 6.43 Å². The lowest BCUT2D eigenvalue weighted by Gasteiger charge is -2.00. The summed E-state index contributed by atoms with van der Waals surface area (Å²) in [5.41, 5.74) is -0.495. The minimum atomic E-state index is -3.13. The van der Waals surface area contributed by atoms with Gasteiger partial charge in [0.2, 0.25) is 6.17 Å². The molecule has 0 fully saturated rings. The number of aliphatic hydroxyl groups excluding tert-OH is 1. The Balaban J connectivity index is 2.79. The summed E-state index contributed by atoms with van der Waals surface area (Å²) in [6, 6.07) is 0.974. The summed E-state index contributed by atoms with van der Waals surface area (Å²) >= 11 is 0. The minimum absolute atomic E-state index is 0.0294. The summed E-state index contributed by atoms with van der Waals surface area (Å²) in [6.45, 7) is 1.36. The first-order valence-corrected chi connectivity index (χ1v) is 3.59. The van der Waals surface area contributed by atoms with Gasteiger partial charge >= 0.3 is 0 Å². The van der Waals surface area contributed by atoms with Crippen LogP contribution in [0.2, 0.25) is 0 Å². The van der Waals surface area contributed by atoms with Crippen LogP contribution in [0.25, 0.3) is 0 Å². The summed E-state index contributed by atoms with van der Waals surface area (Å²) in [5.74, 6) is -0.0294. The topological polar surface area (TPSA) is 46.3 Å². The van der Waals surface area contributed by atoms with Crippen LogP contribution in [0, 0.1) is 0 Å². The number of hydrogen-bond acceptors (Lipinski definition) is 3. The van der Waals surface area contributed by atoms with E-state index in [1.807, 2.05) is 0 Å². The van der Waals surface area contributed by atoms with Crippen molar-refractivity contribution in [2.75, 3.05) is 0 Å². The summed E-state index contributed by atoms with van der Waals surface area (Å²) in [7, 11) is 0. The average molecular weight is 195 g/mol. The van der Waals surface area contributed by atoms with Crippen LogP contribution in [0.5, 0.6) is 0 Å². The van der Waals surface area contributed by atoms with Crippen molar-refractivity contribution in [2.45, 2.75) is 25.6 Å². The second kappa shape index (κ2) is 3.78. The van der Waals surface area contributed by atoms with Crippen LogP contribution in [0.15, 0.2) is 10.6 Å². The van der Waals surface area contributed by atoms with Crippen LogP contribution in [0.3, 0.4) is 0 Å². The van der Waals surface area contributed by atoms with Crippen LogP contribution in [-0.4, -0.2) is 16.7 Å². The minimum Gasteiger partial charge on any atom is -0.385 e. The molecule has 0 aliphatic rings. The van der Waals surface area contributed by atoms with E-state index in [4.69, 9.17) is 5.11 Å². The van der Waals surface area contributed by atoms with E-state index in [0.717, 1.165) is 6.07 Å². The highest BCUT2D eigenvalue weighted by Gasteiger charge is 2.25. The van der Waals surface area contributed by atoms with Crippen molar-refractivity contribution in [3.05, 3.63) is 17.5 Å². The van der Waals surface area contributed by atoms with E-state index < -0.39 is 24.4 Å². The average Bonchev–Trinajstić information content (AvgIpc) is 2.50. The third-order valence-electron chi connectivity index (χ3n) is 1.46. The van der Waals surface area contributed by atoms with Crippen LogP contribution in [0.1, 0.15) is 30.7 Å². The molecule has 13 heavy (non-hydrogen) atoms. The molecule has 0 saturated heterocycles. The van der Waals surface area contributed by atoms with Gasteiger partial charge in [-0.05, 0) is 6.92 Å². The monoisotopic (exact) mass is 195 g/mol. The lowest BCUT2D eigenvalue weighted by atomic mass is 10.2. The maximum absolute atomic E-state index is 12.6. The molecule has 1 N–H and O–H groups in total. The molecule has 6 heteroatoms. The van der Waals surface area contributed by atoms with Crippen molar-refractivity contribution in [1.29, 1.82) is 0 Å². The van der Waals surface area contributed by atoms with Crippen LogP contribution < -0.4 is 0 Å². The summed E-state index contributed by atoms with van der Waals surface area (Å²) in [6.07, 6.45) is -6.57. The number of rotatable bonds is 3. The molecule has 0 aliphatic heterocycles. The predicted octanol–water partition coefficient (Wildman–Crippen LogP) is 2.00. The predicted molar refractivity (Wildman–Crippen MR) is 37.0 cm³/mol. The van der Waals surface area contributed by atoms with Gasteiger partial charge in [0, 0.05) is 6.07 Å². The first-order valence-electron chi connectivity index (χ1n) is 3.59. The van der Waals surface area contributed by atoms with Crippen LogP contribution in [0.4, 0.5) is 13.2 Å². The Labute approximate surface area is 72.1 Å². The molecule has 0 saturated carbocycles. The van der Waals surface area contributed by atoms with Gasteiger partial charge in [0.05, 0.1) is 0 Å². The van der Waals surface area contributed by atoms with E-state index in [1.165, 1.54) is 6.92 Å². The Morgan fingerprint density at radius 2 is 2.08 bits per heavy atom. The second-order valence-corrected chi connectivity index (χ2v) is 2.57. The molecular formula is C7H8F3NO2. The summed E-state index contributed by atoms with van der Waals surface area (Å²) in [4.78, 5) is 0. The van der Waals surface area contributed by atoms with Gasteiger partial charge in [-0.15, -0.1) is 0 Å². The van der Waals surface area contributed by atoms with Gasteiger partial charge in [-0.1, -0.05) is 5.16 Å². The van der Waals surface area contributed by atoms with Gasteiger partial charge < -0.3 is 9.63 Å². The third-order valence-corrected chi connectivity index (χ3v) is 1.46. The fraction of sp³-hybridized carbons (Fsp3) is 0.571. The number of alkyl halides is 3. The molecule has 0 aliphatic carbocycles. The zero-order chi connectivity index (χ0) is 10.0. The van der Waals surface area contributed by atoms with Gasteiger partial charge in [0.15, 0.2) is 5.76 Å². The van der Waals surface area contributed by atoms with Crippen molar-refractivity contribution in [1.82, 2.24) is 5.16 Å². The maximum Gasteiger partial charge on any atom is 0.275 e. The Hall–Kier alpha value is -1.04. The molecule has 1 aromatic rings. The van der Waals surface area contributed by atoms with Crippen molar-refractivity contribution >= 4 is 0 Å². The van der Waals surface area contributed by atoms with Gasteiger partial charge in [-0.25, -0.2) is 13.2 Å². The zero-order valence-corrected chi connectivity index (χ0v) is 6.75. The van der Waals surface area contributed by atoms with E-state index in [0.29, 0.717) is 0 Å². The van der Waals surface area contributed by atoms with E-state index in [9.17, 15) is 13.2 Å². The fourth-order valence-electron chi connectivity index (χ4n) is 0.760. The van der Waals surface area contributed by atoms with Crippen molar-refractivity contribution < 1.29 is 22.8 Å². The van der Waals surface area contributed by atoms with Gasteiger partial charge in [-0.3, -0.25) is 0 Å². The standard InChI is InChI=1S/C7H8F3NO2/c1-3(12)5-2-4(11-13-5)6(8)7(9)10/h2-3,6-7,12H,1H3. The first kappa shape index (κ1) is 10.0. The van der Waals surface area contributed by atoms with Crippen LogP contribution in [-0.2, 0) is 0 Å². The maximum atomic E-state index is 12.6. The molecular weight excluding hydrogens is 187 g/mol. The summed E-state index contributed by atoms with van der Waals surface area (Å²) in [5, 5.41) is 12.0. The Morgan fingerprint density at radius 3 is 2.46 bits per heavy atom. The molecule has 74 valence electrons. The quantitative estimate of drug-likeness (QED) is 0.802. The molecule has 2 unspecified atom stereocenters. The highest BCUT2D eigenvalue weighted by atomic mass is 19.3. The second-order valence-electron chi connectivity index (χ2n) is 2.57. The molecule has 1 rings (SSSR count). The molecule has 1 heterocycles. The number of hydrogen-bond donors (Lipinski definition) is 1. The first-order chi connectivity index (χ1) is 6.02. The molecule has 0 aromatic carbocycles. The third kappa shape index (κ3) is 2.21. The highest BCUT2D eigenvalue weighted by Crippen LogP contribution is 2.25. The smallest absolute Gasteiger partial charge is 0.275 e. The molecule has 0 amide bonds. The van der Waals surface area contributed by atoms with Gasteiger partial charge in [0.1, 0.15) is 11.8 Å². The highest BCUT2D eigenvalue weighted by molar-refractivity contribution is 5.10. The van der Waals surface area contributed by atoms with Crippen molar-refractivity contribution in [2.24, 2.45) is 0 Å². The number of nitrogens with zero attached hydrogens (tertiary/aromatic N) is 1. The number of halogens is 3. The zero-order valence-electron chi connectivity index (χ0n) is 6.75. The van der Waals surface area contributed by atoms with E-state index in [1.54, 1.807) is 0 Å². The Kier molecular flexibility index (Phi) is 2.92. The molecule has 0 radical (unpaired) electrons. The van der Waals surface area contributed by atoms with Crippen molar-refractivity contribution in [3.8, 4) is 0 Å². The lowest BCUT2D eigenvalue weighted by molar-refractivity contribution is 0.0454. The number of aliphatic hydroxyl groups is 1. The molecule has 2 atom stereocenters.